The van der Waals surface area contributed by atoms with Gasteiger partial charge in [0.15, 0.2) is 0 Å². The number of hydrogen-bond acceptors (Lipinski definition) is 1. The molecule has 12 heavy (non-hydrogen) atoms. The van der Waals surface area contributed by atoms with Gasteiger partial charge in [-0.3, -0.25) is 0 Å². The Morgan fingerprint density at radius 1 is 1.58 bits per heavy atom. The monoisotopic (exact) mass is 164 g/mol. The second-order valence-electron chi connectivity index (χ2n) is 2.87. The van der Waals surface area contributed by atoms with Crippen molar-refractivity contribution in [1.82, 2.24) is 0 Å². The number of hydrogen-bond donors (Lipinski definition) is 0. The third-order valence-electron chi connectivity index (χ3n) is 1.69. The first-order chi connectivity index (χ1) is 5.67. The lowest BCUT2D eigenvalue weighted by atomic mass is 9.81. The maximum atomic E-state index is 5.22. The molecule has 0 saturated heterocycles. The molecule has 0 heterocycles. The van der Waals surface area contributed by atoms with E-state index in [2.05, 4.69) is 21.3 Å². The Labute approximate surface area is 76.2 Å². The Morgan fingerprint density at radius 2 is 2.17 bits per heavy atom. The van der Waals surface area contributed by atoms with Gasteiger partial charge in [-0.15, -0.1) is 0 Å². The van der Waals surface area contributed by atoms with Gasteiger partial charge < -0.3 is 4.74 Å². The van der Waals surface area contributed by atoms with Crippen molar-refractivity contribution in [1.29, 1.82) is 0 Å². The number of methoxy groups -OCH3 is 1. The lowest BCUT2D eigenvalue weighted by Gasteiger charge is -2.13. The third kappa shape index (κ3) is 2.99. The Morgan fingerprint density at radius 3 is 2.42 bits per heavy atom. The van der Waals surface area contributed by atoms with E-state index < -0.39 is 0 Å². The molecule has 1 nitrogen and oxygen atoms in total. The minimum absolute atomic E-state index is 0.467. The smallest absolute Gasteiger partial charge is 0.117 e. The fourth-order valence-corrected chi connectivity index (χ4v) is 1.09. The van der Waals surface area contributed by atoms with Crippen LogP contribution in [0.4, 0.5) is 0 Å². The molecule has 0 rings (SSSR count). The summed E-state index contributed by atoms with van der Waals surface area (Å²) in [5.41, 5.74) is 1.19. The first-order valence-electron chi connectivity index (χ1n) is 4.20. The molecule has 1 atom stereocenters. The van der Waals surface area contributed by atoms with Crippen molar-refractivity contribution in [3.63, 3.8) is 0 Å². The summed E-state index contributed by atoms with van der Waals surface area (Å²) >= 11 is 0. The lowest BCUT2D eigenvalue weighted by Crippen LogP contribution is -1.98. The summed E-state index contributed by atoms with van der Waals surface area (Å²) in [5, 5.41) is 0. The molecule has 0 bridgehead atoms. The van der Waals surface area contributed by atoms with Gasteiger partial charge >= 0.3 is 0 Å². The van der Waals surface area contributed by atoms with Crippen molar-refractivity contribution in [3.05, 3.63) is 36.1 Å². The van der Waals surface area contributed by atoms with Crippen LogP contribution in [0.25, 0.3) is 0 Å². The van der Waals surface area contributed by atoms with E-state index in [1.807, 2.05) is 19.1 Å². The Hall–Kier alpha value is -0.915. The zero-order chi connectivity index (χ0) is 9.56. The molecule has 0 fully saturated rings. The zero-order valence-electron chi connectivity index (χ0n) is 8.42. The summed E-state index contributed by atoms with van der Waals surface area (Å²) in [6.45, 7) is 7.78. The molecule has 0 aliphatic heterocycles. The molecule has 0 aromatic heterocycles. The molecule has 0 aliphatic rings. The molecule has 0 saturated carbocycles. The van der Waals surface area contributed by atoms with E-state index in [1.165, 1.54) is 5.57 Å². The van der Waals surface area contributed by atoms with Crippen LogP contribution in [0.15, 0.2) is 36.1 Å². The third-order valence-corrected chi connectivity index (χ3v) is 1.69. The molecule has 0 aliphatic carbocycles. The topological polar surface area (TPSA) is 9.23 Å². The van der Waals surface area contributed by atoms with E-state index in [0.717, 1.165) is 5.76 Å². The van der Waals surface area contributed by atoms with Crippen LogP contribution in [0.2, 0.25) is 5.82 Å². The first-order valence-corrected chi connectivity index (χ1v) is 4.20. The summed E-state index contributed by atoms with van der Waals surface area (Å²) in [6, 6.07) is 0. The second-order valence-corrected chi connectivity index (χ2v) is 2.87. The summed E-state index contributed by atoms with van der Waals surface area (Å²) in [6.07, 6.45) is 5.75. The Balaban J connectivity index is 4.73. The predicted octanol–water partition coefficient (Wildman–Crippen LogP) is 2.09. The van der Waals surface area contributed by atoms with E-state index >= 15 is 0 Å². The van der Waals surface area contributed by atoms with Gasteiger partial charge in [0.1, 0.15) is 13.6 Å². The molecule has 0 aromatic carbocycles. The lowest BCUT2D eigenvalue weighted by molar-refractivity contribution is 0.298. The summed E-state index contributed by atoms with van der Waals surface area (Å²) in [4.78, 5) is 0. The normalized spacial score (nSPS) is 15.6. The average Bonchev–Trinajstić information content (AvgIpc) is 2.05. The van der Waals surface area contributed by atoms with E-state index in [1.54, 1.807) is 13.2 Å². The van der Waals surface area contributed by atoms with Crippen LogP contribution in [0, 0.1) is 0 Å². The molecule has 66 valence electrons. The molecule has 0 spiro atoms. The van der Waals surface area contributed by atoms with Gasteiger partial charge in [-0.25, -0.2) is 0 Å². The highest BCUT2D eigenvalue weighted by Gasteiger charge is 2.07. The summed E-state index contributed by atoms with van der Waals surface area (Å²) in [7, 11) is 3.83. The van der Waals surface area contributed by atoms with Gasteiger partial charge in [0.2, 0.25) is 0 Å². The first kappa shape index (κ1) is 11.1. The Bertz CT molecular complexity index is 202. The van der Waals surface area contributed by atoms with Crippen LogP contribution in [-0.4, -0.2) is 15.0 Å². The molecule has 0 amide bonds. The van der Waals surface area contributed by atoms with E-state index in [4.69, 9.17) is 4.74 Å². The van der Waals surface area contributed by atoms with E-state index in [-0.39, 0.29) is 0 Å². The van der Waals surface area contributed by atoms with E-state index in [0.29, 0.717) is 5.82 Å². The van der Waals surface area contributed by atoms with Crippen molar-refractivity contribution >= 4 is 7.85 Å². The number of rotatable bonds is 4. The quantitative estimate of drug-likeness (QED) is 0.351. The van der Waals surface area contributed by atoms with Gasteiger partial charge in [-0.1, -0.05) is 25.7 Å². The van der Waals surface area contributed by atoms with Crippen LogP contribution in [0.5, 0.6) is 0 Å². The van der Waals surface area contributed by atoms with Gasteiger partial charge in [0, 0.05) is 0 Å². The molecule has 0 aromatic rings. The standard InChI is InChI=1S/C10H17BO/c1-5-7-9(8(3)11)10(6-2)12-4/h5-8H,1,11H2,2-4H3/b9-7-,10-6+/t8-/m0/s1. The molecule has 0 radical (unpaired) electrons. The fourth-order valence-electron chi connectivity index (χ4n) is 1.09. The minimum Gasteiger partial charge on any atom is -0.497 e. The van der Waals surface area contributed by atoms with Crippen LogP contribution in [0.3, 0.4) is 0 Å². The molecule has 0 unspecified atom stereocenters. The number of allylic oxidation sites excluding steroid dienone is 4. The molecule has 2 heteroatoms. The maximum Gasteiger partial charge on any atom is 0.117 e. The summed E-state index contributed by atoms with van der Waals surface area (Å²) in [5.74, 6) is 1.40. The summed E-state index contributed by atoms with van der Waals surface area (Å²) < 4.78 is 5.22. The van der Waals surface area contributed by atoms with Gasteiger partial charge in [-0.05, 0) is 24.4 Å². The molecular formula is C10H17BO. The minimum atomic E-state index is 0.467. The van der Waals surface area contributed by atoms with Gasteiger partial charge in [0.05, 0.1) is 7.11 Å². The SMILES string of the molecule is B[C@@H](C)C(=C/C=C)/C(=C\C)OC. The fraction of sp³-hybridized carbons (Fsp3) is 0.400. The molecular weight excluding hydrogens is 147 g/mol. The van der Waals surface area contributed by atoms with Crippen molar-refractivity contribution in [3.8, 4) is 0 Å². The molecule has 0 N–H and O–H groups in total. The van der Waals surface area contributed by atoms with Crippen molar-refractivity contribution < 1.29 is 4.74 Å². The zero-order valence-corrected chi connectivity index (χ0v) is 8.42. The highest BCUT2D eigenvalue weighted by molar-refractivity contribution is 6.13. The van der Waals surface area contributed by atoms with Crippen LogP contribution < -0.4 is 0 Å². The van der Waals surface area contributed by atoms with Crippen LogP contribution >= 0.6 is 0 Å². The number of ether oxygens (including phenoxy) is 1. The average molecular weight is 164 g/mol. The highest BCUT2D eigenvalue weighted by atomic mass is 16.5. The van der Waals surface area contributed by atoms with Gasteiger partial charge in [-0.2, -0.15) is 0 Å². The van der Waals surface area contributed by atoms with Crippen LogP contribution in [-0.2, 0) is 4.74 Å². The second kappa shape index (κ2) is 5.70. The maximum absolute atomic E-state index is 5.22. The van der Waals surface area contributed by atoms with E-state index in [9.17, 15) is 0 Å². The predicted molar refractivity (Wildman–Crippen MR) is 57.0 cm³/mol. The van der Waals surface area contributed by atoms with Crippen molar-refractivity contribution in [2.45, 2.75) is 19.7 Å². The largest absolute Gasteiger partial charge is 0.497 e. The Kier molecular flexibility index (Phi) is 5.26. The van der Waals surface area contributed by atoms with Crippen molar-refractivity contribution in [2.75, 3.05) is 7.11 Å². The van der Waals surface area contributed by atoms with Crippen molar-refractivity contribution in [2.24, 2.45) is 0 Å². The highest BCUT2D eigenvalue weighted by Crippen LogP contribution is 2.22. The van der Waals surface area contributed by atoms with Gasteiger partial charge in [0.25, 0.3) is 0 Å². The van der Waals surface area contributed by atoms with Crippen LogP contribution in [0.1, 0.15) is 13.8 Å².